The SMILES string of the molecule is CCCC.O=[N+]([O-])c1ccc([AsH2])c(-c2nc3cc(-c4ccccc4)ccc3o2)c1. The molecule has 0 saturated heterocycles. The number of nitro benzene ring substituents is 1. The molecular formula is C23H23AsN2O3. The fourth-order valence-corrected chi connectivity index (χ4v) is 3.33. The molecule has 0 aliphatic carbocycles. The normalized spacial score (nSPS) is 10.4. The molecule has 0 bridgehead atoms. The van der Waals surface area contributed by atoms with Crippen LogP contribution in [0.3, 0.4) is 0 Å². The van der Waals surface area contributed by atoms with E-state index in [1.807, 2.05) is 48.5 Å². The van der Waals surface area contributed by atoms with Gasteiger partial charge in [-0.3, -0.25) is 0 Å². The Balaban J connectivity index is 0.000000552. The summed E-state index contributed by atoms with van der Waals surface area (Å²) >= 11 is 1.37. The molecule has 29 heavy (non-hydrogen) atoms. The summed E-state index contributed by atoms with van der Waals surface area (Å²) in [6.45, 7) is 4.36. The summed E-state index contributed by atoms with van der Waals surface area (Å²) in [7, 11) is 0. The van der Waals surface area contributed by atoms with Crippen LogP contribution in [0.15, 0.2) is 71.1 Å². The van der Waals surface area contributed by atoms with E-state index in [4.69, 9.17) is 4.42 Å². The van der Waals surface area contributed by atoms with Gasteiger partial charge in [0.2, 0.25) is 0 Å². The molecule has 0 amide bonds. The van der Waals surface area contributed by atoms with Gasteiger partial charge < -0.3 is 0 Å². The summed E-state index contributed by atoms with van der Waals surface area (Å²) in [5.74, 6) is 0.406. The number of unbranched alkanes of at least 4 members (excludes halogenated alkanes) is 1. The molecule has 1 unspecified atom stereocenters. The molecule has 1 heterocycles. The summed E-state index contributed by atoms with van der Waals surface area (Å²) in [5.41, 5.74) is 4.23. The van der Waals surface area contributed by atoms with E-state index >= 15 is 0 Å². The molecule has 0 aliphatic rings. The Morgan fingerprint density at radius 3 is 2.34 bits per heavy atom. The molecule has 1 atom stereocenters. The van der Waals surface area contributed by atoms with Crippen molar-refractivity contribution in [3.63, 3.8) is 0 Å². The molecule has 0 fully saturated rings. The van der Waals surface area contributed by atoms with Crippen molar-refractivity contribution in [2.75, 3.05) is 0 Å². The third-order valence-corrected chi connectivity index (χ3v) is 5.53. The van der Waals surface area contributed by atoms with Gasteiger partial charge in [-0.1, -0.05) is 26.7 Å². The number of nitro groups is 1. The molecule has 0 aliphatic heterocycles. The van der Waals surface area contributed by atoms with Crippen molar-refractivity contribution < 1.29 is 9.34 Å². The van der Waals surface area contributed by atoms with E-state index in [9.17, 15) is 10.1 Å². The van der Waals surface area contributed by atoms with Crippen LogP contribution in [-0.2, 0) is 0 Å². The molecule has 4 rings (SSSR count). The van der Waals surface area contributed by atoms with Crippen LogP contribution < -0.4 is 4.35 Å². The molecule has 0 saturated carbocycles. The minimum atomic E-state index is -0.411. The third kappa shape index (κ3) is 4.93. The first-order chi connectivity index (χ1) is 14.0. The van der Waals surface area contributed by atoms with Gasteiger partial charge in [0.05, 0.1) is 0 Å². The maximum atomic E-state index is 11.0. The summed E-state index contributed by atoms with van der Waals surface area (Å²) in [6.07, 6.45) is 2.64. The molecule has 0 N–H and O–H groups in total. The zero-order valence-corrected chi connectivity index (χ0v) is 18.9. The standard InChI is InChI=1S/C19H13AsN2O3.C4H10/c20-16-8-7-14(22(23)24)11-15(16)19-21-17-10-13(6-9-18(17)25-19)12-4-2-1-3-5-12;1-3-4-2/h1-11H,20H2;3-4H2,1-2H3. The zero-order chi connectivity index (χ0) is 20.8. The Morgan fingerprint density at radius 1 is 0.966 bits per heavy atom. The van der Waals surface area contributed by atoms with Crippen LogP contribution in [0.4, 0.5) is 5.69 Å². The number of nitrogens with zero attached hydrogens (tertiary/aromatic N) is 2. The van der Waals surface area contributed by atoms with Crippen molar-refractivity contribution in [2.24, 2.45) is 0 Å². The van der Waals surface area contributed by atoms with Crippen LogP contribution in [0.2, 0.25) is 0 Å². The second kappa shape index (κ2) is 9.53. The molecule has 1 aromatic heterocycles. The van der Waals surface area contributed by atoms with Gasteiger partial charge >= 0.3 is 152 Å². The molecular weight excluding hydrogens is 427 g/mol. The predicted octanol–water partition coefficient (Wildman–Crippen LogP) is 5.13. The van der Waals surface area contributed by atoms with Gasteiger partial charge in [-0.05, 0) is 0 Å². The fourth-order valence-electron chi connectivity index (χ4n) is 2.70. The Kier molecular flexibility index (Phi) is 6.84. The molecule has 6 heteroatoms. The average molecular weight is 450 g/mol. The van der Waals surface area contributed by atoms with E-state index in [-0.39, 0.29) is 5.69 Å². The Hall–Kier alpha value is -2.91. The van der Waals surface area contributed by atoms with Crippen LogP contribution in [0, 0.1) is 10.1 Å². The van der Waals surface area contributed by atoms with Gasteiger partial charge in [-0.25, -0.2) is 0 Å². The van der Waals surface area contributed by atoms with Gasteiger partial charge in [0.25, 0.3) is 0 Å². The summed E-state index contributed by atoms with van der Waals surface area (Å²) < 4.78 is 6.77. The predicted molar refractivity (Wildman–Crippen MR) is 120 cm³/mol. The molecule has 0 radical (unpaired) electrons. The summed E-state index contributed by atoms with van der Waals surface area (Å²) in [6, 6.07) is 20.6. The second-order valence-corrected chi connectivity index (χ2v) is 7.90. The van der Waals surface area contributed by atoms with Crippen molar-refractivity contribution in [1.29, 1.82) is 0 Å². The van der Waals surface area contributed by atoms with Crippen LogP contribution in [0.25, 0.3) is 33.7 Å². The van der Waals surface area contributed by atoms with Gasteiger partial charge in [0.1, 0.15) is 0 Å². The minimum absolute atomic E-state index is 0.0311. The number of fused-ring (bicyclic) bond motifs is 1. The third-order valence-electron chi connectivity index (χ3n) is 4.47. The fraction of sp³-hybridized carbons (Fsp3) is 0.174. The summed E-state index contributed by atoms with van der Waals surface area (Å²) in [5, 5.41) is 11.0. The topological polar surface area (TPSA) is 69.2 Å². The number of benzene rings is 3. The maximum absolute atomic E-state index is 11.0. The van der Waals surface area contributed by atoms with Crippen LogP contribution in [0.1, 0.15) is 26.7 Å². The molecule has 0 spiro atoms. The molecule has 4 aromatic rings. The van der Waals surface area contributed by atoms with Crippen molar-refractivity contribution in [3.05, 3.63) is 76.8 Å². The number of rotatable bonds is 4. The Labute approximate surface area is 178 Å². The van der Waals surface area contributed by atoms with Gasteiger partial charge in [-0.15, -0.1) is 0 Å². The van der Waals surface area contributed by atoms with Crippen molar-refractivity contribution >= 4 is 38.0 Å². The molecule has 148 valence electrons. The number of non-ortho nitro benzene ring substituents is 1. The quantitative estimate of drug-likeness (QED) is 0.245. The van der Waals surface area contributed by atoms with E-state index in [2.05, 4.69) is 18.8 Å². The van der Waals surface area contributed by atoms with Crippen LogP contribution >= 0.6 is 0 Å². The Bertz CT molecular complexity index is 1120. The number of hydrogen-bond donors (Lipinski definition) is 0. The van der Waals surface area contributed by atoms with Crippen molar-refractivity contribution in [1.82, 2.24) is 4.98 Å². The van der Waals surface area contributed by atoms with Crippen LogP contribution in [0.5, 0.6) is 0 Å². The van der Waals surface area contributed by atoms with Gasteiger partial charge in [0, 0.05) is 0 Å². The van der Waals surface area contributed by atoms with Crippen molar-refractivity contribution in [3.8, 4) is 22.6 Å². The van der Waals surface area contributed by atoms with E-state index in [1.54, 1.807) is 6.07 Å². The van der Waals surface area contributed by atoms with E-state index in [1.165, 1.54) is 41.8 Å². The van der Waals surface area contributed by atoms with E-state index in [0.29, 0.717) is 17.0 Å². The molecule has 3 aromatic carbocycles. The summed E-state index contributed by atoms with van der Waals surface area (Å²) in [4.78, 5) is 15.2. The number of hydrogen-bond acceptors (Lipinski definition) is 4. The monoisotopic (exact) mass is 450 g/mol. The molecule has 5 nitrogen and oxygen atoms in total. The zero-order valence-electron chi connectivity index (χ0n) is 16.5. The number of aromatic nitrogens is 1. The van der Waals surface area contributed by atoms with E-state index in [0.717, 1.165) is 21.0 Å². The van der Waals surface area contributed by atoms with Gasteiger partial charge in [0.15, 0.2) is 0 Å². The van der Waals surface area contributed by atoms with Crippen molar-refractivity contribution in [2.45, 2.75) is 26.7 Å². The average Bonchev–Trinajstić information content (AvgIpc) is 3.17. The first-order valence-electron chi connectivity index (χ1n) is 9.53. The van der Waals surface area contributed by atoms with Gasteiger partial charge in [-0.2, -0.15) is 0 Å². The first-order valence-corrected chi connectivity index (χ1v) is 10.7. The second-order valence-electron chi connectivity index (χ2n) is 6.60. The first kappa shape index (κ1) is 20.8. The van der Waals surface area contributed by atoms with E-state index < -0.39 is 4.92 Å². The van der Waals surface area contributed by atoms with Crippen LogP contribution in [-0.4, -0.2) is 26.8 Å². The Morgan fingerprint density at radius 2 is 1.69 bits per heavy atom. The number of oxazole rings is 1.